The van der Waals surface area contributed by atoms with Crippen molar-refractivity contribution in [2.45, 2.75) is 290 Å². The lowest BCUT2D eigenvalue weighted by Crippen LogP contribution is -2.28. The molecule has 1 unspecified atom stereocenters. The lowest BCUT2D eigenvalue weighted by atomic mass is 10.0. The summed E-state index contributed by atoms with van der Waals surface area (Å²) in [6.07, 6.45) is 125. The third kappa shape index (κ3) is 74.7. The molecule has 0 aliphatic carbocycles. The van der Waals surface area contributed by atoms with Crippen molar-refractivity contribution in [3.63, 3.8) is 0 Å². The zero-order valence-electron chi connectivity index (χ0n) is 57.6. The number of rotatable bonds is 64. The van der Waals surface area contributed by atoms with Crippen molar-refractivity contribution < 1.29 is 24.2 Å². The molecule has 0 aromatic rings. The fourth-order valence-electron chi connectivity index (χ4n) is 9.42. The van der Waals surface area contributed by atoms with Crippen LogP contribution in [0.4, 0.5) is 0 Å². The van der Waals surface area contributed by atoms with Crippen molar-refractivity contribution in [1.29, 1.82) is 0 Å². The third-order valence-corrected chi connectivity index (χ3v) is 14.8. The number of aliphatic hydroxyl groups excluding tert-OH is 1. The van der Waals surface area contributed by atoms with E-state index in [9.17, 15) is 14.7 Å². The van der Waals surface area contributed by atoms with Crippen LogP contribution in [-0.4, -0.2) is 36.4 Å². The first-order valence-electron chi connectivity index (χ1n) is 36.3. The van der Waals surface area contributed by atoms with Crippen molar-refractivity contribution in [1.82, 2.24) is 0 Å². The third-order valence-electron chi connectivity index (χ3n) is 14.8. The fraction of sp³-hybridized carbons (Fsp3) is 0.553. The van der Waals surface area contributed by atoms with Gasteiger partial charge in [-0.05, 0) is 154 Å². The van der Waals surface area contributed by atoms with Gasteiger partial charge in [-0.25, -0.2) is 0 Å². The minimum Gasteiger partial charge on any atom is -0.462 e. The van der Waals surface area contributed by atoms with Gasteiger partial charge in [0.1, 0.15) is 6.61 Å². The highest BCUT2D eigenvalue weighted by Gasteiger charge is 2.16. The normalized spacial score (nSPS) is 13.6. The highest BCUT2D eigenvalue weighted by atomic mass is 16.6. The number of hydrogen-bond acceptors (Lipinski definition) is 5. The molecule has 0 aromatic heterocycles. The maximum Gasteiger partial charge on any atom is 0.306 e. The molecule has 0 saturated heterocycles. The molecule has 0 aromatic carbocycles. The van der Waals surface area contributed by atoms with Gasteiger partial charge in [-0.15, -0.1) is 0 Å². The smallest absolute Gasteiger partial charge is 0.306 e. The van der Waals surface area contributed by atoms with E-state index in [1.165, 1.54) is 89.9 Å². The maximum atomic E-state index is 12.4. The summed E-state index contributed by atoms with van der Waals surface area (Å²) >= 11 is 0. The molecule has 0 spiro atoms. The van der Waals surface area contributed by atoms with Gasteiger partial charge in [-0.2, -0.15) is 0 Å². The van der Waals surface area contributed by atoms with E-state index in [-0.39, 0.29) is 25.2 Å². The Balaban J connectivity index is 3.60. The van der Waals surface area contributed by atoms with Crippen LogP contribution in [-0.2, 0) is 19.1 Å². The zero-order valence-corrected chi connectivity index (χ0v) is 57.6. The summed E-state index contributed by atoms with van der Waals surface area (Å²) in [5.74, 6) is -0.629. The van der Waals surface area contributed by atoms with E-state index in [0.717, 1.165) is 167 Å². The molecule has 0 heterocycles. The minimum absolute atomic E-state index is 0.0883. The molecule has 0 rings (SSSR count). The predicted molar refractivity (Wildman–Crippen MR) is 398 cm³/mol. The van der Waals surface area contributed by atoms with Gasteiger partial charge in [0.05, 0.1) is 6.61 Å². The fourth-order valence-corrected chi connectivity index (χ4v) is 9.42. The molecular formula is C85H132O5. The van der Waals surface area contributed by atoms with Crippen molar-refractivity contribution in [3.8, 4) is 0 Å². The van der Waals surface area contributed by atoms with E-state index in [1.54, 1.807) is 0 Å². The van der Waals surface area contributed by atoms with Gasteiger partial charge in [0, 0.05) is 12.8 Å². The molecule has 0 aliphatic rings. The van der Waals surface area contributed by atoms with E-state index in [2.05, 4.69) is 233 Å². The summed E-state index contributed by atoms with van der Waals surface area (Å²) in [6, 6.07) is 0. The minimum atomic E-state index is -0.803. The van der Waals surface area contributed by atoms with Crippen LogP contribution in [0.2, 0.25) is 0 Å². The van der Waals surface area contributed by atoms with Crippen LogP contribution in [0.3, 0.4) is 0 Å². The first-order valence-corrected chi connectivity index (χ1v) is 36.3. The van der Waals surface area contributed by atoms with Crippen molar-refractivity contribution in [2.24, 2.45) is 0 Å². The molecule has 0 aliphatic heterocycles. The van der Waals surface area contributed by atoms with Gasteiger partial charge in [-0.1, -0.05) is 335 Å². The second-order valence-corrected chi connectivity index (χ2v) is 23.2. The first kappa shape index (κ1) is 84.2. The second kappa shape index (κ2) is 77.5. The largest absolute Gasteiger partial charge is 0.462 e. The number of aliphatic hydroxyl groups is 1. The number of unbranched alkanes of at least 4 members (excludes halogenated alkanes) is 20. The zero-order chi connectivity index (χ0) is 64.7. The highest BCUT2D eigenvalue weighted by Crippen LogP contribution is 2.16. The molecule has 0 radical (unpaired) electrons. The van der Waals surface area contributed by atoms with Crippen LogP contribution in [0, 0.1) is 0 Å². The van der Waals surface area contributed by atoms with Gasteiger partial charge in [0.2, 0.25) is 0 Å². The molecule has 0 amide bonds. The SMILES string of the molecule is CC/C=C\C/C=C\C/C=C\C/C=C\C/C=C\C/C=C\C/C=C\C/C=C\C/C=C\C/C=C\CCCCCCC(=O)OC(CO)COC(=O)CCCCCCCCCCCCCCCCCC/C=C\C/C=C\C/C=C\C/C=C\C/C=C\C/C=C\C/C=C\C/C=C\CC. The predicted octanol–water partition coefficient (Wildman–Crippen LogP) is 25.9. The molecule has 5 nitrogen and oxygen atoms in total. The molecular weight excluding hydrogens is 1100 g/mol. The summed E-state index contributed by atoms with van der Waals surface area (Å²) in [4.78, 5) is 24.7. The summed E-state index contributed by atoms with van der Waals surface area (Å²) in [7, 11) is 0. The summed E-state index contributed by atoms with van der Waals surface area (Å²) in [6.45, 7) is 3.89. The molecule has 502 valence electrons. The standard InChI is InChI=1S/C85H132O5/c1-3-5-7-9-11-13-15-17-19-21-23-25-27-29-31-33-35-37-39-40-41-42-43-44-46-47-49-51-53-55-57-59-61-63-65-67-69-71-73-75-77-79-84(87)89-82-83(81-86)90-85(88)80-78-76-74-72-70-68-66-64-62-60-58-56-54-52-50-48-45-38-36-34-32-30-28-26-24-22-20-18-16-14-12-10-8-6-4-2/h5-8,11-14,17-20,23-26,29-32,35-38,40-41,43-44,48,50,54,56,60,62,66,68,83,86H,3-4,9-10,15-16,21-22,27-28,33-34,39,42,45-47,49,51-53,55,57-59,61,63-65,67,69-82H2,1-2H3/b7-5-,8-6-,13-11-,14-12-,19-17-,20-18-,25-23-,26-24-,31-29-,32-30-,37-35-,38-36-,41-40-,44-43-,50-48-,56-54-,62-60-,68-66-. The molecule has 1 N–H and O–H groups in total. The van der Waals surface area contributed by atoms with Gasteiger partial charge >= 0.3 is 11.9 Å². The maximum absolute atomic E-state index is 12.4. The molecule has 0 fully saturated rings. The van der Waals surface area contributed by atoms with Crippen LogP contribution >= 0.6 is 0 Å². The Morgan fingerprint density at radius 3 is 0.667 bits per heavy atom. The lowest BCUT2D eigenvalue weighted by Gasteiger charge is -2.15. The van der Waals surface area contributed by atoms with E-state index < -0.39 is 6.10 Å². The Kier molecular flexibility index (Phi) is 72.5. The Morgan fingerprint density at radius 1 is 0.256 bits per heavy atom. The van der Waals surface area contributed by atoms with E-state index in [4.69, 9.17) is 9.47 Å². The average molecular weight is 1230 g/mol. The Bertz CT molecular complexity index is 2130. The molecule has 0 bridgehead atoms. The van der Waals surface area contributed by atoms with Crippen molar-refractivity contribution in [2.75, 3.05) is 13.2 Å². The van der Waals surface area contributed by atoms with Crippen LogP contribution < -0.4 is 0 Å². The Labute approximate surface area is 554 Å². The number of esters is 2. The molecule has 1 atom stereocenters. The number of ether oxygens (including phenoxy) is 2. The Morgan fingerprint density at radius 2 is 0.444 bits per heavy atom. The number of allylic oxidation sites excluding steroid dienone is 36. The second-order valence-electron chi connectivity index (χ2n) is 23.2. The monoisotopic (exact) mass is 1230 g/mol. The van der Waals surface area contributed by atoms with Gasteiger partial charge in [0.25, 0.3) is 0 Å². The van der Waals surface area contributed by atoms with Gasteiger partial charge in [-0.3, -0.25) is 9.59 Å². The van der Waals surface area contributed by atoms with Crippen molar-refractivity contribution in [3.05, 3.63) is 219 Å². The summed E-state index contributed by atoms with van der Waals surface area (Å²) in [5, 5.41) is 9.71. The first-order chi connectivity index (χ1) is 44.6. The van der Waals surface area contributed by atoms with Crippen LogP contribution in [0.5, 0.6) is 0 Å². The van der Waals surface area contributed by atoms with Crippen LogP contribution in [0.15, 0.2) is 219 Å². The summed E-state index contributed by atoms with van der Waals surface area (Å²) in [5.41, 5.74) is 0. The quantitative estimate of drug-likeness (QED) is 0.0373. The van der Waals surface area contributed by atoms with Crippen LogP contribution in [0.25, 0.3) is 0 Å². The topological polar surface area (TPSA) is 72.8 Å². The van der Waals surface area contributed by atoms with E-state index >= 15 is 0 Å². The molecule has 90 heavy (non-hydrogen) atoms. The summed E-state index contributed by atoms with van der Waals surface area (Å²) < 4.78 is 10.7. The van der Waals surface area contributed by atoms with Crippen molar-refractivity contribution >= 4 is 11.9 Å². The van der Waals surface area contributed by atoms with E-state index in [0.29, 0.717) is 12.8 Å². The van der Waals surface area contributed by atoms with Crippen LogP contribution in [0.1, 0.15) is 284 Å². The number of carbonyl (C=O) groups is 2. The molecule has 0 saturated carbocycles. The molecule has 5 heteroatoms. The number of hydrogen-bond donors (Lipinski definition) is 1. The van der Waals surface area contributed by atoms with Gasteiger partial charge in [0.15, 0.2) is 6.10 Å². The number of carbonyl (C=O) groups excluding carboxylic acids is 2. The van der Waals surface area contributed by atoms with Gasteiger partial charge < -0.3 is 14.6 Å². The average Bonchev–Trinajstić information content (AvgIpc) is 3.58. The Hall–Kier alpha value is -5.78. The highest BCUT2D eigenvalue weighted by molar-refractivity contribution is 5.70. The lowest BCUT2D eigenvalue weighted by molar-refractivity contribution is -0.161. The van der Waals surface area contributed by atoms with E-state index in [1.807, 2.05) is 0 Å².